The Morgan fingerprint density at radius 2 is 2.05 bits per heavy atom. The van der Waals surface area contributed by atoms with E-state index in [1.807, 2.05) is 9.80 Å². The summed E-state index contributed by atoms with van der Waals surface area (Å²) in [4.78, 5) is 28.6. The molecule has 5 nitrogen and oxygen atoms in total. The van der Waals surface area contributed by atoms with E-state index in [0.29, 0.717) is 18.9 Å². The molecule has 3 atom stereocenters. The lowest BCUT2D eigenvalue weighted by Gasteiger charge is -2.35. The number of amides is 2. The van der Waals surface area contributed by atoms with Crippen molar-refractivity contribution in [1.29, 1.82) is 0 Å². The molecule has 3 aliphatic rings. The number of hydrogen-bond donors (Lipinski definition) is 0. The molecule has 0 spiro atoms. The van der Waals surface area contributed by atoms with Crippen LogP contribution in [0.2, 0.25) is 0 Å². The van der Waals surface area contributed by atoms with Crippen molar-refractivity contribution in [2.24, 2.45) is 5.92 Å². The van der Waals surface area contributed by atoms with Crippen LogP contribution in [0.3, 0.4) is 0 Å². The minimum Gasteiger partial charge on any atom is -0.378 e. The monoisotopic (exact) mass is 280 g/mol. The van der Waals surface area contributed by atoms with E-state index in [1.165, 1.54) is 0 Å². The van der Waals surface area contributed by atoms with Crippen molar-refractivity contribution in [3.05, 3.63) is 0 Å². The number of fused-ring (bicyclic) bond motifs is 1. The van der Waals surface area contributed by atoms with E-state index in [1.54, 1.807) is 0 Å². The summed E-state index contributed by atoms with van der Waals surface area (Å²) in [5.74, 6) is 0.736. The highest BCUT2D eigenvalue weighted by atomic mass is 16.5. The molecule has 3 saturated heterocycles. The van der Waals surface area contributed by atoms with Crippen molar-refractivity contribution < 1.29 is 14.3 Å². The number of ether oxygens (including phenoxy) is 1. The van der Waals surface area contributed by atoms with Crippen LogP contribution in [-0.2, 0) is 14.3 Å². The number of piperidine rings is 1. The molecule has 3 rings (SSSR count). The molecule has 0 bridgehead atoms. The molecule has 2 amide bonds. The van der Waals surface area contributed by atoms with Crippen molar-refractivity contribution >= 4 is 11.8 Å². The number of rotatable bonds is 2. The van der Waals surface area contributed by atoms with Crippen LogP contribution in [0.5, 0.6) is 0 Å². The largest absolute Gasteiger partial charge is 0.378 e. The number of carbonyl (C=O) groups is 2. The van der Waals surface area contributed by atoms with Crippen LogP contribution in [0.15, 0.2) is 0 Å². The second kappa shape index (κ2) is 5.72. The number of hydrogen-bond acceptors (Lipinski definition) is 3. The van der Waals surface area contributed by atoms with E-state index in [2.05, 4.69) is 6.92 Å². The number of nitrogens with zero attached hydrogens (tertiary/aromatic N) is 2. The Morgan fingerprint density at radius 1 is 1.20 bits per heavy atom. The van der Waals surface area contributed by atoms with E-state index in [0.717, 1.165) is 45.4 Å². The highest BCUT2D eigenvalue weighted by Gasteiger charge is 2.39. The standard InChI is InChI=1S/C15H24N2O3/c1-11-12(6-9-20-11)10-16-8-5-14(18)17-7-3-2-4-13(17)15(16)19/h11-13H,2-10H2,1H3. The highest BCUT2D eigenvalue weighted by Crippen LogP contribution is 2.26. The van der Waals surface area contributed by atoms with E-state index >= 15 is 0 Å². The number of carbonyl (C=O) groups excluding carboxylic acids is 2. The predicted octanol–water partition coefficient (Wildman–Crippen LogP) is 1.02. The molecule has 3 heterocycles. The zero-order valence-corrected chi connectivity index (χ0v) is 12.2. The Morgan fingerprint density at radius 3 is 2.80 bits per heavy atom. The summed E-state index contributed by atoms with van der Waals surface area (Å²) in [5.41, 5.74) is 0. The highest BCUT2D eigenvalue weighted by molar-refractivity contribution is 5.90. The molecule has 0 aromatic heterocycles. The summed E-state index contributed by atoms with van der Waals surface area (Å²) in [7, 11) is 0. The average Bonchev–Trinajstić information content (AvgIpc) is 2.82. The Balaban J connectivity index is 1.71. The fraction of sp³-hybridized carbons (Fsp3) is 0.867. The van der Waals surface area contributed by atoms with Gasteiger partial charge < -0.3 is 14.5 Å². The first-order chi connectivity index (χ1) is 9.66. The Kier molecular flexibility index (Phi) is 3.96. The minimum absolute atomic E-state index is 0.154. The summed E-state index contributed by atoms with van der Waals surface area (Å²) in [6.07, 6.45) is 4.64. The van der Waals surface area contributed by atoms with Crippen molar-refractivity contribution in [3.8, 4) is 0 Å². The zero-order chi connectivity index (χ0) is 14.1. The average molecular weight is 280 g/mol. The molecule has 0 N–H and O–H groups in total. The van der Waals surface area contributed by atoms with Gasteiger partial charge in [0.25, 0.3) is 0 Å². The zero-order valence-electron chi connectivity index (χ0n) is 12.2. The Bertz CT molecular complexity index is 399. The molecule has 0 radical (unpaired) electrons. The smallest absolute Gasteiger partial charge is 0.245 e. The fourth-order valence-electron chi connectivity index (χ4n) is 3.66. The van der Waals surface area contributed by atoms with Gasteiger partial charge in [0, 0.05) is 38.6 Å². The third-order valence-corrected chi connectivity index (χ3v) is 5.00. The molecule has 3 aliphatic heterocycles. The van der Waals surface area contributed by atoms with Crippen LogP contribution in [0.4, 0.5) is 0 Å². The molecule has 20 heavy (non-hydrogen) atoms. The Labute approximate surface area is 120 Å². The molecular weight excluding hydrogens is 256 g/mol. The third-order valence-electron chi connectivity index (χ3n) is 5.00. The lowest BCUT2D eigenvalue weighted by molar-refractivity contribution is -0.143. The van der Waals surface area contributed by atoms with Gasteiger partial charge in [0.15, 0.2) is 0 Å². The van der Waals surface area contributed by atoms with Crippen LogP contribution >= 0.6 is 0 Å². The summed E-state index contributed by atoms with van der Waals surface area (Å²) in [6.45, 7) is 4.96. The molecule has 0 aromatic rings. The predicted molar refractivity (Wildman–Crippen MR) is 74.1 cm³/mol. The molecule has 5 heteroatoms. The summed E-state index contributed by atoms with van der Waals surface area (Å²) in [6, 6.07) is -0.198. The molecule has 3 fully saturated rings. The van der Waals surface area contributed by atoms with Gasteiger partial charge in [-0.1, -0.05) is 0 Å². The topological polar surface area (TPSA) is 49.9 Å². The van der Waals surface area contributed by atoms with Crippen LogP contribution in [0, 0.1) is 5.92 Å². The van der Waals surface area contributed by atoms with Gasteiger partial charge in [-0.15, -0.1) is 0 Å². The van der Waals surface area contributed by atoms with Gasteiger partial charge >= 0.3 is 0 Å². The minimum atomic E-state index is -0.198. The van der Waals surface area contributed by atoms with Gasteiger partial charge in [-0.25, -0.2) is 0 Å². The first kappa shape index (κ1) is 13.9. The van der Waals surface area contributed by atoms with Crippen molar-refractivity contribution in [3.63, 3.8) is 0 Å². The van der Waals surface area contributed by atoms with Gasteiger partial charge in [-0.05, 0) is 32.6 Å². The van der Waals surface area contributed by atoms with Crippen molar-refractivity contribution in [2.75, 3.05) is 26.2 Å². The normalized spacial score (nSPS) is 35.1. The van der Waals surface area contributed by atoms with Gasteiger partial charge in [0.2, 0.25) is 11.8 Å². The van der Waals surface area contributed by atoms with Crippen LogP contribution in [-0.4, -0.2) is 60.0 Å². The SMILES string of the molecule is CC1OCCC1CN1CCC(=O)N2CCCCC2C1=O. The molecule has 0 aromatic carbocycles. The Hall–Kier alpha value is -1.10. The molecule has 0 aliphatic carbocycles. The van der Waals surface area contributed by atoms with Gasteiger partial charge in [0.05, 0.1) is 6.10 Å². The van der Waals surface area contributed by atoms with E-state index in [-0.39, 0.29) is 24.0 Å². The lowest BCUT2D eigenvalue weighted by atomic mass is 9.99. The van der Waals surface area contributed by atoms with Crippen LogP contribution in [0.25, 0.3) is 0 Å². The quantitative estimate of drug-likeness (QED) is 0.759. The first-order valence-electron chi connectivity index (χ1n) is 7.86. The van der Waals surface area contributed by atoms with Crippen LogP contribution < -0.4 is 0 Å². The summed E-state index contributed by atoms with van der Waals surface area (Å²) < 4.78 is 5.59. The second-order valence-corrected chi connectivity index (χ2v) is 6.26. The maximum atomic E-state index is 12.7. The third kappa shape index (κ3) is 2.55. The van der Waals surface area contributed by atoms with Crippen LogP contribution in [0.1, 0.15) is 39.0 Å². The van der Waals surface area contributed by atoms with Gasteiger partial charge in [0.1, 0.15) is 6.04 Å². The summed E-state index contributed by atoms with van der Waals surface area (Å²) in [5, 5.41) is 0. The maximum Gasteiger partial charge on any atom is 0.245 e. The van der Waals surface area contributed by atoms with Crippen molar-refractivity contribution in [1.82, 2.24) is 9.80 Å². The lowest BCUT2D eigenvalue weighted by Crippen LogP contribution is -2.50. The van der Waals surface area contributed by atoms with Gasteiger partial charge in [-0.2, -0.15) is 0 Å². The second-order valence-electron chi connectivity index (χ2n) is 6.26. The van der Waals surface area contributed by atoms with E-state index in [4.69, 9.17) is 4.74 Å². The fourth-order valence-corrected chi connectivity index (χ4v) is 3.66. The summed E-state index contributed by atoms with van der Waals surface area (Å²) >= 11 is 0. The van der Waals surface area contributed by atoms with Gasteiger partial charge in [-0.3, -0.25) is 9.59 Å². The first-order valence-corrected chi connectivity index (χ1v) is 7.86. The maximum absolute atomic E-state index is 12.7. The molecule has 0 saturated carbocycles. The van der Waals surface area contributed by atoms with Crippen molar-refractivity contribution in [2.45, 2.75) is 51.2 Å². The van der Waals surface area contributed by atoms with E-state index in [9.17, 15) is 9.59 Å². The molecular formula is C15H24N2O3. The van der Waals surface area contributed by atoms with E-state index < -0.39 is 0 Å². The molecule has 3 unspecified atom stereocenters. The molecule has 112 valence electrons.